The van der Waals surface area contributed by atoms with Crippen molar-refractivity contribution in [2.45, 2.75) is 20.0 Å². The largest absolute Gasteiger partial charge is 0.508 e. The van der Waals surface area contributed by atoms with Crippen molar-refractivity contribution in [3.05, 3.63) is 96.1 Å². The Hall–Kier alpha value is -3.40. The van der Waals surface area contributed by atoms with Crippen molar-refractivity contribution in [1.29, 1.82) is 0 Å². The maximum Gasteiger partial charge on any atom is 0.119 e. The normalized spacial score (nSPS) is 10.9. The molecule has 3 aromatic rings. The van der Waals surface area contributed by atoms with Gasteiger partial charge in [0.05, 0.1) is 11.4 Å². The summed E-state index contributed by atoms with van der Waals surface area (Å²) in [6.07, 6.45) is 2.33. The molecular formula is C23H22N2O2. The number of aromatic hydroxyl groups is 1. The number of azo groups is 1. The number of rotatable bonds is 7. The first kappa shape index (κ1) is 18.4. The first-order chi connectivity index (χ1) is 13.1. The summed E-state index contributed by atoms with van der Waals surface area (Å²) in [5.41, 5.74) is 4.56. The molecule has 0 aromatic heterocycles. The van der Waals surface area contributed by atoms with Gasteiger partial charge < -0.3 is 9.84 Å². The van der Waals surface area contributed by atoms with Gasteiger partial charge in [-0.3, -0.25) is 0 Å². The van der Waals surface area contributed by atoms with Crippen LogP contribution in [-0.2, 0) is 13.0 Å². The van der Waals surface area contributed by atoms with E-state index in [2.05, 4.69) is 48.0 Å². The molecule has 0 aliphatic heterocycles. The minimum absolute atomic E-state index is 0.240. The lowest BCUT2D eigenvalue weighted by Crippen LogP contribution is -1.94. The number of ether oxygens (including phenoxy) is 1. The molecule has 0 fully saturated rings. The third kappa shape index (κ3) is 5.28. The number of phenols is 1. The predicted molar refractivity (Wildman–Crippen MR) is 108 cm³/mol. The number of allylic oxidation sites excluding steroid dienone is 1. The van der Waals surface area contributed by atoms with Gasteiger partial charge in [-0.05, 0) is 66.9 Å². The van der Waals surface area contributed by atoms with E-state index in [1.807, 2.05) is 24.3 Å². The first-order valence-electron chi connectivity index (χ1n) is 8.77. The summed E-state index contributed by atoms with van der Waals surface area (Å²) in [6.45, 7) is 6.28. The van der Waals surface area contributed by atoms with Crippen LogP contribution < -0.4 is 4.74 Å². The fourth-order valence-corrected chi connectivity index (χ4v) is 2.53. The summed E-state index contributed by atoms with van der Waals surface area (Å²) >= 11 is 0. The quantitative estimate of drug-likeness (QED) is 0.391. The van der Waals surface area contributed by atoms with Gasteiger partial charge >= 0.3 is 0 Å². The van der Waals surface area contributed by atoms with E-state index in [1.165, 1.54) is 5.56 Å². The van der Waals surface area contributed by atoms with E-state index in [1.54, 1.807) is 24.3 Å². The summed E-state index contributed by atoms with van der Waals surface area (Å²) in [5.74, 6) is 1.02. The number of hydrogen-bond acceptors (Lipinski definition) is 4. The van der Waals surface area contributed by atoms with Gasteiger partial charge in [0.15, 0.2) is 0 Å². The Morgan fingerprint density at radius 2 is 1.59 bits per heavy atom. The third-order valence-corrected chi connectivity index (χ3v) is 4.07. The molecule has 0 saturated carbocycles. The van der Waals surface area contributed by atoms with E-state index in [9.17, 15) is 5.11 Å². The number of hydrogen-bond donors (Lipinski definition) is 1. The minimum atomic E-state index is 0.240. The monoisotopic (exact) mass is 358 g/mol. The Morgan fingerprint density at radius 3 is 2.30 bits per heavy atom. The fraction of sp³-hybridized carbons (Fsp3) is 0.130. The summed E-state index contributed by atoms with van der Waals surface area (Å²) < 4.78 is 5.80. The summed E-state index contributed by atoms with van der Waals surface area (Å²) in [6, 6.07) is 20.9. The van der Waals surface area contributed by atoms with Crippen molar-refractivity contribution in [3.8, 4) is 11.5 Å². The van der Waals surface area contributed by atoms with Gasteiger partial charge in [0, 0.05) is 0 Å². The zero-order valence-corrected chi connectivity index (χ0v) is 15.3. The lowest BCUT2D eigenvalue weighted by atomic mass is 10.1. The van der Waals surface area contributed by atoms with Crippen molar-refractivity contribution in [1.82, 2.24) is 0 Å². The van der Waals surface area contributed by atoms with Crippen LogP contribution in [0.4, 0.5) is 11.4 Å². The second-order valence-electron chi connectivity index (χ2n) is 6.27. The molecule has 0 spiro atoms. The van der Waals surface area contributed by atoms with Crippen LogP contribution in [0, 0.1) is 6.92 Å². The highest BCUT2D eigenvalue weighted by Gasteiger charge is 2.01. The van der Waals surface area contributed by atoms with E-state index in [0.717, 1.165) is 22.6 Å². The average Bonchev–Trinajstić information content (AvgIpc) is 2.69. The molecule has 0 amide bonds. The molecule has 3 rings (SSSR count). The smallest absolute Gasteiger partial charge is 0.119 e. The first-order valence-corrected chi connectivity index (χ1v) is 8.77. The van der Waals surface area contributed by atoms with Crippen LogP contribution in [0.2, 0.25) is 0 Å². The predicted octanol–water partition coefficient (Wildman–Crippen LogP) is 6.42. The molecule has 0 unspecified atom stereocenters. The molecule has 4 heteroatoms. The molecule has 0 atom stereocenters. The van der Waals surface area contributed by atoms with Crippen molar-refractivity contribution < 1.29 is 9.84 Å². The second-order valence-corrected chi connectivity index (χ2v) is 6.27. The number of aryl methyl sites for hydroxylation is 1. The lowest BCUT2D eigenvalue weighted by Gasteiger charge is -2.06. The molecule has 0 radical (unpaired) electrons. The van der Waals surface area contributed by atoms with Crippen LogP contribution in [0.3, 0.4) is 0 Å². The summed E-state index contributed by atoms with van der Waals surface area (Å²) in [7, 11) is 0. The number of phenolic OH excluding ortho intramolecular Hbond substituents is 1. The molecule has 136 valence electrons. The molecule has 27 heavy (non-hydrogen) atoms. The minimum Gasteiger partial charge on any atom is -0.508 e. The Bertz CT molecular complexity index is 930. The van der Waals surface area contributed by atoms with Gasteiger partial charge in [-0.15, -0.1) is 6.58 Å². The molecule has 1 N–H and O–H groups in total. The third-order valence-electron chi connectivity index (χ3n) is 4.07. The van der Waals surface area contributed by atoms with Crippen LogP contribution in [0.5, 0.6) is 11.5 Å². The molecule has 0 heterocycles. The van der Waals surface area contributed by atoms with Crippen molar-refractivity contribution in [2.24, 2.45) is 10.2 Å². The maximum atomic E-state index is 9.79. The molecule has 0 aliphatic carbocycles. The van der Waals surface area contributed by atoms with Crippen molar-refractivity contribution in [2.75, 3.05) is 0 Å². The molecular weight excluding hydrogens is 336 g/mol. The van der Waals surface area contributed by atoms with Crippen molar-refractivity contribution >= 4 is 11.4 Å². The van der Waals surface area contributed by atoms with Gasteiger partial charge in [0.2, 0.25) is 0 Å². The summed E-state index contributed by atoms with van der Waals surface area (Å²) in [4.78, 5) is 0. The Labute approximate surface area is 159 Å². The number of nitrogens with zero attached hydrogens (tertiary/aromatic N) is 2. The lowest BCUT2D eigenvalue weighted by molar-refractivity contribution is 0.306. The highest BCUT2D eigenvalue weighted by atomic mass is 16.5. The zero-order valence-electron chi connectivity index (χ0n) is 15.3. The SMILES string of the molecule is C=CCc1cc(N=Nc2ccc(OCc3ccc(C)cc3)cc2)ccc1O. The van der Waals surface area contributed by atoms with E-state index in [4.69, 9.17) is 4.74 Å². The van der Waals surface area contributed by atoms with Crippen LogP contribution in [0.25, 0.3) is 0 Å². The van der Waals surface area contributed by atoms with Crippen LogP contribution in [-0.4, -0.2) is 5.11 Å². The fourth-order valence-electron chi connectivity index (χ4n) is 2.53. The summed E-state index contributed by atoms with van der Waals surface area (Å²) in [5, 5.41) is 18.3. The molecule has 3 aromatic carbocycles. The highest BCUT2D eigenvalue weighted by molar-refractivity contribution is 5.48. The Kier molecular flexibility index (Phi) is 6.00. The van der Waals surface area contributed by atoms with Gasteiger partial charge in [-0.2, -0.15) is 10.2 Å². The van der Waals surface area contributed by atoms with Gasteiger partial charge in [-0.1, -0.05) is 35.9 Å². The standard InChI is InChI=1S/C23H22N2O2/c1-3-4-19-15-21(11-14-23(19)26)25-24-20-9-12-22(13-10-20)27-16-18-7-5-17(2)6-8-18/h3,5-15,26H,1,4,16H2,2H3. The van der Waals surface area contributed by atoms with Crippen LogP contribution in [0.1, 0.15) is 16.7 Å². The van der Waals surface area contributed by atoms with E-state index >= 15 is 0 Å². The average molecular weight is 358 g/mol. The molecule has 0 saturated heterocycles. The van der Waals surface area contributed by atoms with Gasteiger partial charge in [0.1, 0.15) is 18.1 Å². The Balaban J connectivity index is 1.61. The maximum absolute atomic E-state index is 9.79. The van der Waals surface area contributed by atoms with Crippen LogP contribution >= 0.6 is 0 Å². The molecule has 0 bridgehead atoms. The zero-order chi connectivity index (χ0) is 19.1. The Morgan fingerprint density at radius 1 is 0.926 bits per heavy atom. The number of benzene rings is 3. The van der Waals surface area contributed by atoms with E-state index < -0.39 is 0 Å². The molecule has 0 aliphatic rings. The molecule has 4 nitrogen and oxygen atoms in total. The van der Waals surface area contributed by atoms with Crippen LogP contribution in [0.15, 0.2) is 89.6 Å². The second kappa shape index (κ2) is 8.81. The highest BCUT2D eigenvalue weighted by Crippen LogP contribution is 2.26. The van der Waals surface area contributed by atoms with E-state index in [-0.39, 0.29) is 5.75 Å². The van der Waals surface area contributed by atoms with E-state index in [0.29, 0.717) is 18.7 Å². The topological polar surface area (TPSA) is 54.2 Å². The van der Waals surface area contributed by atoms with Gasteiger partial charge in [-0.25, -0.2) is 0 Å². The van der Waals surface area contributed by atoms with Crippen molar-refractivity contribution in [3.63, 3.8) is 0 Å². The van der Waals surface area contributed by atoms with Gasteiger partial charge in [0.25, 0.3) is 0 Å².